The van der Waals surface area contributed by atoms with E-state index < -0.39 is 0 Å². The van der Waals surface area contributed by atoms with Crippen molar-refractivity contribution in [1.29, 1.82) is 0 Å². The smallest absolute Gasteiger partial charge is 0.437 e. The summed E-state index contributed by atoms with van der Waals surface area (Å²) in [6.07, 6.45) is 1.06. The Hall–Kier alpha value is -1.13. The fourth-order valence-corrected chi connectivity index (χ4v) is 0.371. The van der Waals surface area contributed by atoms with E-state index in [-0.39, 0.29) is 6.08 Å². The van der Waals surface area contributed by atoms with Gasteiger partial charge in [0.2, 0.25) is 0 Å². The number of ether oxygens (including phenoxy) is 1. The van der Waals surface area contributed by atoms with Crippen LogP contribution in [0.4, 0.5) is 0 Å². The third-order valence-corrected chi connectivity index (χ3v) is 0.711. The van der Waals surface area contributed by atoms with Gasteiger partial charge in [-0.3, -0.25) is 4.52 Å². The Labute approximate surface area is 52.0 Å². The number of rotatable bonds is 3. The Morgan fingerprint density at radius 3 is 3.11 bits per heavy atom. The van der Waals surface area contributed by atoms with Crippen LogP contribution in [0.3, 0.4) is 0 Å². The number of aromatic nitrogens is 3. The first-order chi connectivity index (χ1) is 4.43. The van der Waals surface area contributed by atoms with Crippen LogP contribution >= 0.6 is 0 Å². The molecule has 0 aliphatic carbocycles. The van der Waals surface area contributed by atoms with Gasteiger partial charge < -0.3 is 4.74 Å². The van der Waals surface area contributed by atoms with E-state index in [1.807, 2.05) is 6.92 Å². The molecule has 5 heteroatoms. The minimum Gasteiger partial charge on any atom is -0.448 e. The van der Waals surface area contributed by atoms with Crippen LogP contribution in [0.5, 0.6) is 6.08 Å². The van der Waals surface area contributed by atoms with E-state index in [9.17, 15) is 0 Å². The highest BCUT2D eigenvalue weighted by Crippen LogP contribution is 1.98. The van der Waals surface area contributed by atoms with Crippen molar-refractivity contribution in [3.05, 3.63) is 0 Å². The van der Waals surface area contributed by atoms with Crippen molar-refractivity contribution < 1.29 is 9.26 Å². The first kappa shape index (κ1) is 6.00. The fourth-order valence-electron chi connectivity index (χ4n) is 0.371. The Kier molecular flexibility index (Phi) is 2.00. The second-order valence-electron chi connectivity index (χ2n) is 1.48. The Morgan fingerprint density at radius 2 is 2.56 bits per heavy atom. The molecular formula is C4H7N3O2. The molecule has 1 aromatic heterocycles. The van der Waals surface area contributed by atoms with Gasteiger partial charge in [-0.05, 0) is 16.7 Å². The van der Waals surface area contributed by atoms with Crippen molar-refractivity contribution in [3.8, 4) is 6.08 Å². The summed E-state index contributed by atoms with van der Waals surface area (Å²) in [5, 5.41) is 9.70. The third kappa shape index (κ3) is 1.67. The maximum atomic E-state index is 4.89. The SMILES string of the molecule is CCCOc1nnno1. The molecule has 1 heterocycles. The lowest BCUT2D eigenvalue weighted by Crippen LogP contribution is -1.94. The topological polar surface area (TPSA) is 61.0 Å². The van der Waals surface area contributed by atoms with Gasteiger partial charge in [0.1, 0.15) is 0 Å². The lowest BCUT2D eigenvalue weighted by Gasteiger charge is -1.92. The van der Waals surface area contributed by atoms with E-state index >= 15 is 0 Å². The zero-order valence-electron chi connectivity index (χ0n) is 5.07. The predicted molar refractivity (Wildman–Crippen MR) is 27.9 cm³/mol. The van der Waals surface area contributed by atoms with Crippen LogP contribution in [0.15, 0.2) is 4.52 Å². The highest BCUT2D eigenvalue weighted by Gasteiger charge is 1.96. The first-order valence-corrected chi connectivity index (χ1v) is 2.71. The molecule has 0 spiro atoms. The molecule has 0 aromatic carbocycles. The summed E-state index contributed by atoms with van der Waals surface area (Å²) in [6, 6.07) is 0. The van der Waals surface area contributed by atoms with Crippen LogP contribution in [0, 0.1) is 0 Å². The largest absolute Gasteiger partial charge is 0.448 e. The zero-order chi connectivity index (χ0) is 6.53. The van der Waals surface area contributed by atoms with Crippen LogP contribution in [0.1, 0.15) is 13.3 Å². The third-order valence-electron chi connectivity index (χ3n) is 0.711. The lowest BCUT2D eigenvalue weighted by molar-refractivity contribution is 0.203. The van der Waals surface area contributed by atoms with E-state index in [4.69, 9.17) is 4.74 Å². The monoisotopic (exact) mass is 129 g/mol. The molecule has 0 aliphatic heterocycles. The molecule has 9 heavy (non-hydrogen) atoms. The maximum Gasteiger partial charge on any atom is 0.437 e. The summed E-state index contributed by atoms with van der Waals surface area (Å²) >= 11 is 0. The first-order valence-electron chi connectivity index (χ1n) is 2.71. The summed E-state index contributed by atoms with van der Waals surface area (Å²) in [5.41, 5.74) is 0. The predicted octanol–water partition coefficient (Wildman–Crippen LogP) is 0.253. The standard InChI is InChI=1S/C4H7N3O2/c1-2-3-8-4-5-6-7-9-4/h2-3H2,1H3. The van der Waals surface area contributed by atoms with Crippen LogP contribution in [-0.2, 0) is 0 Å². The van der Waals surface area contributed by atoms with Crippen LogP contribution in [-0.4, -0.2) is 22.2 Å². The van der Waals surface area contributed by atoms with Crippen molar-refractivity contribution in [2.75, 3.05) is 6.61 Å². The second kappa shape index (κ2) is 3.01. The quantitative estimate of drug-likeness (QED) is 0.585. The molecule has 0 aliphatic rings. The summed E-state index contributed by atoms with van der Waals surface area (Å²) < 4.78 is 9.33. The molecule has 50 valence electrons. The molecule has 0 saturated carbocycles. The average molecular weight is 129 g/mol. The van der Waals surface area contributed by atoms with Crippen molar-refractivity contribution in [3.63, 3.8) is 0 Å². The fraction of sp³-hybridized carbons (Fsp3) is 0.750. The van der Waals surface area contributed by atoms with E-state index in [1.165, 1.54) is 0 Å². The molecule has 1 rings (SSSR count). The van der Waals surface area contributed by atoms with Gasteiger partial charge in [0.05, 0.1) is 11.9 Å². The second-order valence-corrected chi connectivity index (χ2v) is 1.48. The summed E-state index contributed by atoms with van der Waals surface area (Å²) in [6.45, 7) is 2.58. The molecule has 0 N–H and O–H groups in total. The Bertz CT molecular complexity index is 151. The van der Waals surface area contributed by atoms with Gasteiger partial charge in [0, 0.05) is 0 Å². The van der Waals surface area contributed by atoms with E-state index in [1.54, 1.807) is 0 Å². The molecule has 0 unspecified atom stereocenters. The minimum atomic E-state index is 0.136. The van der Waals surface area contributed by atoms with E-state index in [0.29, 0.717) is 6.61 Å². The van der Waals surface area contributed by atoms with Crippen molar-refractivity contribution >= 4 is 0 Å². The van der Waals surface area contributed by atoms with Crippen LogP contribution in [0.25, 0.3) is 0 Å². The van der Waals surface area contributed by atoms with Gasteiger partial charge in [-0.25, -0.2) is 0 Å². The van der Waals surface area contributed by atoms with Crippen LogP contribution in [0.2, 0.25) is 0 Å². The van der Waals surface area contributed by atoms with E-state index in [2.05, 4.69) is 20.1 Å². The Morgan fingerprint density at radius 1 is 1.67 bits per heavy atom. The van der Waals surface area contributed by atoms with Crippen molar-refractivity contribution in [2.45, 2.75) is 13.3 Å². The van der Waals surface area contributed by atoms with Gasteiger partial charge in [-0.15, -0.1) is 0 Å². The van der Waals surface area contributed by atoms with E-state index in [0.717, 1.165) is 6.42 Å². The molecule has 0 saturated heterocycles. The molecule has 0 atom stereocenters. The number of hydrogen-bond donors (Lipinski definition) is 0. The molecule has 1 aromatic rings. The Balaban J connectivity index is 2.30. The van der Waals surface area contributed by atoms with Gasteiger partial charge in [0.25, 0.3) is 0 Å². The number of hydrogen-bond acceptors (Lipinski definition) is 5. The van der Waals surface area contributed by atoms with Gasteiger partial charge in [-0.2, -0.15) is 0 Å². The molecule has 0 amide bonds. The highest BCUT2D eigenvalue weighted by atomic mass is 16.6. The van der Waals surface area contributed by atoms with Crippen LogP contribution < -0.4 is 4.74 Å². The maximum absolute atomic E-state index is 4.89. The number of nitrogens with zero attached hydrogens (tertiary/aromatic N) is 3. The molecule has 5 nitrogen and oxygen atoms in total. The summed E-state index contributed by atoms with van der Waals surface area (Å²) in [7, 11) is 0. The van der Waals surface area contributed by atoms with Gasteiger partial charge >= 0.3 is 6.08 Å². The van der Waals surface area contributed by atoms with Gasteiger partial charge in [-0.1, -0.05) is 6.92 Å². The molecular weight excluding hydrogens is 122 g/mol. The normalized spacial score (nSPS) is 9.44. The highest BCUT2D eigenvalue weighted by molar-refractivity contribution is 4.73. The molecule has 0 fully saturated rings. The van der Waals surface area contributed by atoms with Gasteiger partial charge in [0.15, 0.2) is 0 Å². The molecule has 0 radical (unpaired) electrons. The van der Waals surface area contributed by atoms with Crippen molar-refractivity contribution in [1.82, 2.24) is 15.6 Å². The summed E-state index contributed by atoms with van der Waals surface area (Å²) in [5.74, 6) is 0. The average Bonchev–Trinajstić information content (AvgIpc) is 2.34. The van der Waals surface area contributed by atoms with Crippen molar-refractivity contribution in [2.24, 2.45) is 0 Å². The zero-order valence-corrected chi connectivity index (χ0v) is 5.07. The summed E-state index contributed by atoms with van der Waals surface area (Å²) in [4.78, 5) is 0. The minimum absolute atomic E-state index is 0.136. The molecule has 0 bridgehead atoms. The lowest BCUT2D eigenvalue weighted by atomic mass is 10.5.